The molecule has 41 heavy (non-hydrogen) atoms. The molecule has 0 saturated carbocycles. The quantitative estimate of drug-likeness (QED) is 0.384. The highest BCUT2D eigenvalue weighted by molar-refractivity contribution is 6.32. The highest BCUT2D eigenvalue weighted by atomic mass is 35.5. The smallest absolute Gasteiger partial charge is 0.387 e. The molecule has 2 aromatic rings. The van der Waals surface area contributed by atoms with Gasteiger partial charge in [-0.1, -0.05) is 23.7 Å². The van der Waals surface area contributed by atoms with Gasteiger partial charge in [0.2, 0.25) is 17.8 Å². The highest BCUT2D eigenvalue weighted by Crippen LogP contribution is 2.34. The Balaban J connectivity index is 1.20. The number of alkyl halides is 2. The molecule has 0 spiro atoms. The minimum absolute atomic E-state index is 0.0967. The van der Waals surface area contributed by atoms with Crippen molar-refractivity contribution < 1.29 is 33.0 Å². The Morgan fingerprint density at radius 2 is 2.10 bits per heavy atom. The van der Waals surface area contributed by atoms with Crippen LogP contribution in [0.15, 0.2) is 41.7 Å². The predicted molar refractivity (Wildman–Crippen MR) is 146 cm³/mol. The first kappa shape index (κ1) is 28.8. The van der Waals surface area contributed by atoms with E-state index in [1.807, 2.05) is 0 Å². The van der Waals surface area contributed by atoms with Crippen molar-refractivity contribution in [3.05, 3.63) is 52.9 Å². The summed E-state index contributed by atoms with van der Waals surface area (Å²) in [6.07, 6.45) is 5.17. The first-order valence-corrected chi connectivity index (χ1v) is 13.5. The number of likely N-dealkylation sites (tertiary alicyclic amines) is 1. The van der Waals surface area contributed by atoms with Crippen molar-refractivity contribution >= 4 is 40.6 Å². The summed E-state index contributed by atoms with van der Waals surface area (Å²) in [6.45, 7) is -2.23. The number of hydrogen-bond acceptors (Lipinski definition) is 9. The fourth-order valence-electron chi connectivity index (χ4n) is 5.05. The second kappa shape index (κ2) is 12.9. The van der Waals surface area contributed by atoms with Crippen LogP contribution in [0.3, 0.4) is 0 Å². The SMILES string of the molecule is O=C(CN1CC2=NC=C(c3nc(NC4CCOCC4)ncc3Cl)CC2C1=O)N[C@H](CO)c1cccc(OC(F)F)c1. The molecule has 1 aromatic heterocycles. The summed E-state index contributed by atoms with van der Waals surface area (Å²) in [7, 11) is 0. The Kier molecular flexibility index (Phi) is 9.06. The molecule has 3 aliphatic rings. The van der Waals surface area contributed by atoms with Gasteiger partial charge in [0.1, 0.15) is 5.75 Å². The van der Waals surface area contributed by atoms with Gasteiger partial charge in [-0.05, 0) is 42.5 Å². The van der Waals surface area contributed by atoms with Crippen molar-refractivity contribution in [2.24, 2.45) is 10.9 Å². The summed E-state index contributed by atoms with van der Waals surface area (Å²) < 4.78 is 34.9. The number of allylic oxidation sites excluding steroid dienone is 1. The van der Waals surface area contributed by atoms with E-state index in [1.165, 1.54) is 29.3 Å². The molecule has 4 heterocycles. The molecule has 14 heteroatoms. The van der Waals surface area contributed by atoms with Gasteiger partial charge < -0.3 is 30.1 Å². The Morgan fingerprint density at radius 1 is 1.29 bits per heavy atom. The van der Waals surface area contributed by atoms with E-state index in [0.717, 1.165) is 12.8 Å². The van der Waals surface area contributed by atoms with Gasteiger partial charge in [-0.2, -0.15) is 8.78 Å². The zero-order valence-corrected chi connectivity index (χ0v) is 22.7. The molecule has 1 aromatic carbocycles. The largest absolute Gasteiger partial charge is 0.435 e. The summed E-state index contributed by atoms with van der Waals surface area (Å²) in [6, 6.07) is 5.02. The Hall–Kier alpha value is -3.68. The lowest BCUT2D eigenvalue weighted by Crippen LogP contribution is -2.41. The van der Waals surface area contributed by atoms with Crippen LogP contribution in [-0.4, -0.2) is 83.1 Å². The van der Waals surface area contributed by atoms with Crippen molar-refractivity contribution in [2.45, 2.75) is 38.0 Å². The van der Waals surface area contributed by atoms with Crippen LogP contribution < -0.4 is 15.4 Å². The summed E-state index contributed by atoms with van der Waals surface area (Å²) >= 11 is 6.42. The minimum Gasteiger partial charge on any atom is -0.435 e. The molecular formula is C27H29ClF2N6O5. The molecule has 11 nitrogen and oxygen atoms in total. The molecule has 0 bridgehead atoms. The third-order valence-electron chi connectivity index (χ3n) is 7.12. The second-order valence-corrected chi connectivity index (χ2v) is 10.3. The maximum atomic E-state index is 13.3. The summed E-state index contributed by atoms with van der Waals surface area (Å²) in [5.74, 6) is -0.998. The van der Waals surface area contributed by atoms with E-state index in [0.29, 0.717) is 53.1 Å². The molecule has 218 valence electrons. The van der Waals surface area contributed by atoms with Gasteiger partial charge in [-0.15, -0.1) is 0 Å². The van der Waals surface area contributed by atoms with Gasteiger partial charge in [-0.25, -0.2) is 9.97 Å². The van der Waals surface area contributed by atoms with Crippen LogP contribution in [0.25, 0.3) is 5.57 Å². The average molecular weight is 591 g/mol. The number of nitrogens with one attached hydrogen (secondary N) is 2. The van der Waals surface area contributed by atoms with E-state index in [-0.39, 0.29) is 30.8 Å². The van der Waals surface area contributed by atoms with Gasteiger partial charge in [-0.3, -0.25) is 14.6 Å². The zero-order valence-electron chi connectivity index (χ0n) is 21.9. The van der Waals surface area contributed by atoms with Crippen LogP contribution in [0.4, 0.5) is 14.7 Å². The maximum absolute atomic E-state index is 13.3. The number of anilines is 1. The van der Waals surface area contributed by atoms with Crippen molar-refractivity contribution in [3.8, 4) is 5.75 Å². The lowest BCUT2D eigenvalue weighted by Gasteiger charge is -2.23. The third-order valence-corrected chi connectivity index (χ3v) is 7.39. The van der Waals surface area contributed by atoms with E-state index in [2.05, 4.69) is 30.3 Å². The fraction of sp³-hybridized carbons (Fsp3) is 0.444. The number of ether oxygens (including phenoxy) is 2. The molecule has 5 rings (SSSR count). The Bertz CT molecular complexity index is 1350. The highest BCUT2D eigenvalue weighted by Gasteiger charge is 2.40. The third kappa shape index (κ3) is 6.97. The summed E-state index contributed by atoms with van der Waals surface area (Å²) in [5, 5.41) is 16.1. The number of aliphatic imine (C=N–C) groups is 1. The molecule has 2 fully saturated rings. The van der Waals surface area contributed by atoms with Crippen LogP contribution in [0.5, 0.6) is 5.75 Å². The zero-order chi connectivity index (χ0) is 28.9. The van der Waals surface area contributed by atoms with Crippen LogP contribution in [0.1, 0.15) is 36.6 Å². The number of fused-ring (bicyclic) bond motifs is 1. The van der Waals surface area contributed by atoms with Crippen molar-refractivity contribution in [3.63, 3.8) is 0 Å². The number of carbonyl (C=O) groups is 2. The lowest BCUT2D eigenvalue weighted by atomic mass is 9.93. The van der Waals surface area contributed by atoms with Gasteiger partial charge >= 0.3 is 6.61 Å². The van der Waals surface area contributed by atoms with Crippen molar-refractivity contribution in [1.29, 1.82) is 0 Å². The first-order valence-electron chi connectivity index (χ1n) is 13.2. The Labute approximate surface area is 239 Å². The normalized spacial score (nSPS) is 19.9. The maximum Gasteiger partial charge on any atom is 0.387 e. The van der Waals surface area contributed by atoms with Crippen LogP contribution >= 0.6 is 11.6 Å². The number of amides is 2. The number of benzene rings is 1. The van der Waals surface area contributed by atoms with Crippen LogP contribution in [-0.2, 0) is 14.3 Å². The number of aliphatic hydroxyl groups excluding tert-OH is 1. The number of halogens is 3. The molecule has 0 radical (unpaired) electrons. The number of nitrogens with zero attached hydrogens (tertiary/aromatic N) is 4. The monoisotopic (exact) mass is 590 g/mol. The number of hydrogen-bond donors (Lipinski definition) is 3. The summed E-state index contributed by atoms with van der Waals surface area (Å²) in [5.41, 5.74) is 2.19. The first-order chi connectivity index (χ1) is 19.8. The van der Waals surface area contributed by atoms with E-state index < -0.39 is 31.1 Å². The number of aromatic nitrogens is 2. The molecule has 2 saturated heterocycles. The van der Waals surface area contributed by atoms with Gasteiger partial charge in [0, 0.05) is 25.5 Å². The van der Waals surface area contributed by atoms with Crippen molar-refractivity contribution in [2.75, 3.05) is 38.2 Å². The summed E-state index contributed by atoms with van der Waals surface area (Å²) in [4.78, 5) is 40.8. The van der Waals surface area contributed by atoms with E-state index in [1.54, 1.807) is 12.3 Å². The van der Waals surface area contributed by atoms with Gasteiger partial charge in [0.05, 0.1) is 54.3 Å². The fourth-order valence-corrected chi connectivity index (χ4v) is 5.26. The topological polar surface area (TPSA) is 138 Å². The lowest BCUT2D eigenvalue weighted by molar-refractivity contribution is -0.135. The van der Waals surface area contributed by atoms with Gasteiger partial charge in [0.15, 0.2) is 0 Å². The predicted octanol–water partition coefficient (Wildman–Crippen LogP) is 2.82. The van der Waals surface area contributed by atoms with E-state index in [9.17, 15) is 23.5 Å². The second-order valence-electron chi connectivity index (χ2n) is 9.90. The standard InChI is InChI=1S/C27H29ClF2N6O5/c28-20-11-32-27(33-17-4-6-40-7-5-17)35-24(20)16-9-19-21(31-10-16)12-36(25(19)39)13-23(38)34-22(14-37)15-2-1-3-18(8-15)41-26(29)30/h1-3,8,10-11,17,19,22,26,37H,4-7,9,12-14H2,(H,34,38)(H,32,33,35)/t19?,22-/m1/s1. The van der Waals surface area contributed by atoms with E-state index in [4.69, 9.17) is 16.3 Å². The number of aliphatic hydroxyl groups is 1. The molecule has 3 aliphatic heterocycles. The molecule has 2 amide bonds. The minimum atomic E-state index is -3.00. The molecule has 3 N–H and O–H groups in total. The molecule has 2 atom stereocenters. The number of carbonyl (C=O) groups excluding carboxylic acids is 2. The van der Waals surface area contributed by atoms with Crippen molar-refractivity contribution in [1.82, 2.24) is 20.2 Å². The Morgan fingerprint density at radius 3 is 2.85 bits per heavy atom. The van der Waals surface area contributed by atoms with E-state index >= 15 is 0 Å². The average Bonchev–Trinajstić information content (AvgIpc) is 3.27. The van der Waals surface area contributed by atoms with Gasteiger partial charge in [0.25, 0.3) is 0 Å². The molecular weight excluding hydrogens is 562 g/mol. The molecule has 0 aliphatic carbocycles. The number of rotatable bonds is 10. The van der Waals surface area contributed by atoms with Crippen LogP contribution in [0.2, 0.25) is 5.02 Å². The van der Waals surface area contributed by atoms with Crippen LogP contribution in [0, 0.1) is 5.92 Å². The molecule has 1 unspecified atom stereocenters.